The first-order valence-electron chi connectivity index (χ1n) is 6.30. The SMILES string of the molecule is COC1CNC(C(=O)Nc2cccc(OC(F)(F)F)c2)C1. The van der Waals surface area contributed by atoms with E-state index in [1.165, 1.54) is 12.1 Å². The van der Waals surface area contributed by atoms with Gasteiger partial charge in [-0.3, -0.25) is 4.79 Å². The Bertz CT molecular complexity index is 508. The lowest BCUT2D eigenvalue weighted by Gasteiger charge is -2.13. The summed E-state index contributed by atoms with van der Waals surface area (Å²) in [5, 5.41) is 5.53. The fourth-order valence-electron chi connectivity index (χ4n) is 2.08. The fraction of sp³-hybridized carbons (Fsp3) is 0.462. The van der Waals surface area contributed by atoms with Crippen molar-refractivity contribution in [1.82, 2.24) is 5.32 Å². The summed E-state index contributed by atoms with van der Waals surface area (Å²) in [6.45, 7) is 0.561. The van der Waals surface area contributed by atoms with Crippen molar-refractivity contribution in [3.05, 3.63) is 24.3 Å². The van der Waals surface area contributed by atoms with Crippen molar-refractivity contribution in [2.75, 3.05) is 19.0 Å². The smallest absolute Gasteiger partial charge is 0.406 e. The zero-order valence-corrected chi connectivity index (χ0v) is 11.2. The monoisotopic (exact) mass is 304 g/mol. The van der Waals surface area contributed by atoms with E-state index < -0.39 is 12.4 Å². The van der Waals surface area contributed by atoms with Crippen LogP contribution in [0.4, 0.5) is 18.9 Å². The first-order valence-corrected chi connectivity index (χ1v) is 6.30. The van der Waals surface area contributed by atoms with Gasteiger partial charge in [-0.25, -0.2) is 0 Å². The number of methoxy groups -OCH3 is 1. The number of hydrogen-bond acceptors (Lipinski definition) is 4. The van der Waals surface area contributed by atoms with Crippen LogP contribution in [0.25, 0.3) is 0 Å². The first-order chi connectivity index (χ1) is 9.87. The third-order valence-electron chi connectivity index (χ3n) is 3.08. The van der Waals surface area contributed by atoms with Crippen LogP contribution in [0.1, 0.15) is 6.42 Å². The molecule has 0 aromatic heterocycles. The summed E-state index contributed by atoms with van der Waals surface area (Å²) in [6.07, 6.45) is -4.29. The fourth-order valence-corrected chi connectivity index (χ4v) is 2.08. The van der Waals surface area contributed by atoms with Crippen molar-refractivity contribution in [1.29, 1.82) is 0 Å². The quantitative estimate of drug-likeness (QED) is 0.892. The van der Waals surface area contributed by atoms with Gasteiger partial charge in [0.15, 0.2) is 0 Å². The number of anilines is 1. The molecule has 1 aliphatic heterocycles. The van der Waals surface area contributed by atoms with Crippen LogP contribution in [-0.4, -0.2) is 38.1 Å². The van der Waals surface area contributed by atoms with Gasteiger partial charge < -0.3 is 20.1 Å². The molecule has 1 saturated heterocycles. The maximum absolute atomic E-state index is 12.1. The second kappa shape index (κ2) is 6.31. The number of halogens is 3. The zero-order valence-electron chi connectivity index (χ0n) is 11.2. The predicted octanol–water partition coefficient (Wildman–Crippen LogP) is 1.90. The molecule has 0 aliphatic carbocycles. The minimum atomic E-state index is -4.76. The molecule has 2 atom stereocenters. The van der Waals surface area contributed by atoms with Crippen molar-refractivity contribution < 1.29 is 27.4 Å². The van der Waals surface area contributed by atoms with Crippen LogP contribution in [0.15, 0.2) is 24.3 Å². The topological polar surface area (TPSA) is 59.6 Å². The molecule has 1 fully saturated rings. The Morgan fingerprint density at radius 3 is 2.81 bits per heavy atom. The molecule has 1 aromatic rings. The van der Waals surface area contributed by atoms with E-state index in [-0.39, 0.29) is 23.4 Å². The van der Waals surface area contributed by atoms with Crippen molar-refractivity contribution in [3.8, 4) is 5.75 Å². The molecule has 0 radical (unpaired) electrons. The lowest BCUT2D eigenvalue weighted by Crippen LogP contribution is -2.35. The molecule has 1 heterocycles. The molecule has 0 saturated carbocycles. The van der Waals surface area contributed by atoms with Crippen LogP contribution in [0.5, 0.6) is 5.75 Å². The molecular weight excluding hydrogens is 289 g/mol. The first kappa shape index (κ1) is 15.6. The van der Waals surface area contributed by atoms with E-state index in [4.69, 9.17) is 4.74 Å². The van der Waals surface area contributed by atoms with E-state index in [9.17, 15) is 18.0 Å². The molecule has 116 valence electrons. The lowest BCUT2D eigenvalue weighted by molar-refractivity contribution is -0.274. The standard InChI is InChI=1S/C13H15F3N2O3/c1-20-10-6-11(17-7-10)12(19)18-8-3-2-4-9(5-8)21-13(14,15)16/h2-5,10-11,17H,6-7H2,1H3,(H,18,19). The van der Waals surface area contributed by atoms with E-state index in [1.807, 2.05) is 0 Å². The lowest BCUT2D eigenvalue weighted by atomic mass is 10.2. The number of carbonyl (C=O) groups is 1. The highest BCUT2D eigenvalue weighted by atomic mass is 19.4. The van der Waals surface area contributed by atoms with Crippen molar-refractivity contribution in [2.24, 2.45) is 0 Å². The Balaban J connectivity index is 1.96. The van der Waals surface area contributed by atoms with E-state index >= 15 is 0 Å². The number of hydrogen-bond donors (Lipinski definition) is 2. The third-order valence-corrected chi connectivity index (χ3v) is 3.08. The molecule has 1 aliphatic rings. The molecule has 0 bridgehead atoms. The summed E-state index contributed by atoms with van der Waals surface area (Å²) < 4.78 is 45.3. The predicted molar refractivity (Wildman–Crippen MR) is 69.0 cm³/mol. The largest absolute Gasteiger partial charge is 0.573 e. The maximum atomic E-state index is 12.1. The highest BCUT2D eigenvalue weighted by molar-refractivity contribution is 5.95. The van der Waals surface area contributed by atoms with E-state index in [0.29, 0.717) is 13.0 Å². The second-order valence-corrected chi connectivity index (χ2v) is 4.62. The average Bonchev–Trinajstić information content (AvgIpc) is 2.85. The third kappa shape index (κ3) is 4.61. The molecule has 5 nitrogen and oxygen atoms in total. The van der Waals surface area contributed by atoms with Crippen molar-refractivity contribution in [3.63, 3.8) is 0 Å². The number of alkyl halides is 3. The van der Waals surface area contributed by atoms with Crippen LogP contribution >= 0.6 is 0 Å². The molecule has 21 heavy (non-hydrogen) atoms. The molecule has 0 spiro atoms. The minimum Gasteiger partial charge on any atom is -0.406 e. The summed E-state index contributed by atoms with van der Waals surface area (Å²) in [5.41, 5.74) is 0.240. The van der Waals surface area contributed by atoms with Crippen molar-refractivity contribution >= 4 is 11.6 Å². The molecule has 2 rings (SSSR count). The Morgan fingerprint density at radius 2 is 2.19 bits per heavy atom. The van der Waals surface area contributed by atoms with Gasteiger partial charge in [-0.15, -0.1) is 13.2 Å². The number of carbonyl (C=O) groups excluding carboxylic acids is 1. The Kier molecular flexibility index (Phi) is 4.69. The zero-order chi connectivity index (χ0) is 15.5. The summed E-state index contributed by atoms with van der Waals surface area (Å²) in [4.78, 5) is 12.0. The maximum Gasteiger partial charge on any atom is 0.573 e. The normalized spacial score (nSPS) is 22.1. The van der Waals surface area contributed by atoms with Crippen LogP contribution < -0.4 is 15.4 Å². The van der Waals surface area contributed by atoms with Crippen molar-refractivity contribution in [2.45, 2.75) is 24.9 Å². The minimum absolute atomic E-state index is 0.0411. The molecule has 8 heteroatoms. The van der Waals surface area contributed by atoms with Gasteiger partial charge in [0.1, 0.15) is 5.75 Å². The average molecular weight is 304 g/mol. The molecule has 1 amide bonds. The van der Waals surface area contributed by atoms with Gasteiger partial charge in [-0.1, -0.05) is 6.07 Å². The van der Waals surface area contributed by atoms with E-state index in [2.05, 4.69) is 15.4 Å². The number of nitrogens with one attached hydrogen (secondary N) is 2. The van der Waals surface area contributed by atoms with Gasteiger partial charge in [-0.05, 0) is 18.6 Å². The second-order valence-electron chi connectivity index (χ2n) is 4.62. The molecule has 2 unspecified atom stereocenters. The summed E-state index contributed by atoms with van der Waals surface area (Å²) in [6, 6.07) is 4.72. The number of amides is 1. The van der Waals surface area contributed by atoms with Gasteiger partial charge in [0.25, 0.3) is 0 Å². The molecule has 1 aromatic carbocycles. The van der Waals surface area contributed by atoms with Crippen LogP contribution in [0, 0.1) is 0 Å². The van der Waals surface area contributed by atoms with Crippen LogP contribution in [0.2, 0.25) is 0 Å². The van der Waals surface area contributed by atoms with Gasteiger partial charge in [0.2, 0.25) is 5.91 Å². The van der Waals surface area contributed by atoms with E-state index in [1.54, 1.807) is 7.11 Å². The molecular formula is C13H15F3N2O3. The highest BCUT2D eigenvalue weighted by Gasteiger charge is 2.31. The van der Waals surface area contributed by atoms with E-state index in [0.717, 1.165) is 12.1 Å². The Labute approximate surface area is 119 Å². The van der Waals surface area contributed by atoms with Gasteiger partial charge in [0.05, 0.1) is 12.1 Å². The summed E-state index contributed by atoms with van der Waals surface area (Å²) in [7, 11) is 1.56. The van der Waals surface area contributed by atoms with Gasteiger partial charge in [0, 0.05) is 25.4 Å². The Hall–Kier alpha value is -1.80. The van der Waals surface area contributed by atoms with Crippen LogP contribution in [-0.2, 0) is 9.53 Å². The van der Waals surface area contributed by atoms with Crippen LogP contribution in [0.3, 0.4) is 0 Å². The Morgan fingerprint density at radius 1 is 1.43 bits per heavy atom. The number of rotatable bonds is 4. The number of ether oxygens (including phenoxy) is 2. The highest BCUT2D eigenvalue weighted by Crippen LogP contribution is 2.25. The van der Waals surface area contributed by atoms with Gasteiger partial charge in [-0.2, -0.15) is 0 Å². The molecule has 2 N–H and O–H groups in total. The summed E-state index contributed by atoms with van der Waals surface area (Å²) in [5.74, 6) is -0.701. The number of benzene rings is 1. The summed E-state index contributed by atoms with van der Waals surface area (Å²) >= 11 is 0. The van der Waals surface area contributed by atoms with Gasteiger partial charge >= 0.3 is 6.36 Å².